The van der Waals surface area contributed by atoms with E-state index in [0.717, 1.165) is 43.0 Å². The van der Waals surface area contributed by atoms with Crippen molar-refractivity contribution < 1.29 is 19.4 Å². The topological polar surface area (TPSA) is 67.8 Å². The number of carboxylic acid groups (broad SMARTS) is 1. The van der Waals surface area contributed by atoms with Crippen molar-refractivity contribution in [2.45, 2.75) is 44.1 Å². The number of hydrogen-bond donors (Lipinski definition) is 2. The highest BCUT2D eigenvalue weighted by atomic mass is 16.5. The minimum absolute atomic E-state index is 0.0821. The van der Waals surface area contributed by atoms with Crippen LogP contribution in [0.2, 0.25) is 0 Å². The highest BCUT2D eigenvalue weighted by Crippen LogP contribution is 2.42. The lowest BCUT2D eigenvalue weighted by Gasteiger charge is -2.38. The number of carboxylic acids is 1. The Morgan fingerprint density at radius 2 is 1.68 bits per heavy atom. The molecule has 0 aromatic heterocycles. The summed E-state index contributed by atoms with van der Waals surface area (Å²) in [6.07, 6.45) is 6.03. The van der Waals surface area contributed by atoms with Gasteiger partial charge in [0.15, 0.2) is 11.5 Å². The zero-order valence-electron chi connectivity index (χ0n) is 16.7. The number of rotatable bonds is 8. The molecule has 0 saturated heterocycles. The second-order valence-corrected chi connectivity index (χ2v) is 7.52. The van der Waals surface area contributed by atoms with E-state index in [4.69, 9.17) is 14.6 Å². The average molecular weight is 383 g/mol. The maximum atomic E-state index is 11.0. The first kappa shape index (κ1) is 20.2. The summed E-state index contributed by atoms with van der Waals surface area (Å²) in [4.78, 5) is 11.0. The lowest BCUT2D eigenvalue weighted by atomic mass is 9.69. The number of benzene rings is 2. The van der Waals surface area contributed by atoms with Gasteiger partial charge in [0.2, 0.25) is 0 Å². The molecule has 2 N–H and O–H groups in total. The molecule has 1 fully saturated rings. The Morgan fingerprint density at radius 3 is 2.29 bits per heavy atom. The quantitative estimate of drug-likeness (QED) is 0.707. The Kier molecular flexibility index (Phi) is 6.57. The Balaban J connectivity index is 1.74. The van der Waals surface area contributed by atoms with Crippen molar-refractivity contribution in [3.05, 3.63) is 59.2 Å². The van der Waals surface area contributed by atoms with E-state index >= 15 is 0 Å². The van der Waals surface area contributed by atoms with Crippen LogP contribution < -0.4 is 14.8 Å². The van der Waals surface area contributed by atoms with Crippen LogP contribution in [0.4, 0.5) is 0 Å². The van der Waals surface area contributed by atoms with Crippen LogP contribution in [-0.4, -0.2) is 31.8 Å². The van der Waals surface area contributed by atoms with Crippen molar-refractivity contribution in [2.75, 3.05) is 20.8 Å². The molecule has 5 nitrogen and oxygen atoms in total. The van der Waals surface area contributed by atoms with Gasteiger partial charge in [0.25, 0.3) is 0 Å². The Labute approximate surface area is 166 Å². The molecule has 150 valence electrons. The van der Waals surface area contributed by atoms with E-state index in [9.17, 15) is 4.79 Å². The molecule has 0 atom stereocenters. The molecule has 0 heterocycles. The predicted molar refractivity (Wildman–Crippen MR) is 109 cm³/mol. The number of aromatic carboxylic acids is 1. The third-order valence-electron chi connectivity index (χ3n) is 5.80. The van der Waals surface area contributed by atoms with Gasteiger partial charge < -0.3 is 19.9 Å². The number of nitrogens with one attached hydrogen (secondary N) is 1. The van der Waals surface area contributed by atoms with Crippen LogP contribution in [-0.2, 0) is 12.0 Å². The molecule has 2 aromatic rings. The van der Waals surface area contributed by atoms with E-state index in [2.05, 4.69) is 17.4 Å². The van der Waals surface area contributed by atoms with E-state index in [1.54, 1.807) is 26.4 Å². The van der Waals surface area contributed by atoms with Gasteiger partial charge in [-0.1, -0.05) is 37.5 Å². The first-order valence-electron chi connectivity index (χ1n) is 9.83. The minimum Gasteiger partial charge on any atom is -0.493 e. The summed E-state index contributed by atoms with van der Waals surface area (Å²) < 4.78 is 10.9. The van der Waals surface area contributed by atoms with Crippen LogP contribution in [0.25, 0.3) is 0 Å². The lowest BCUT2D eigenvalue weighted by molar-refractivity contribution is 0.0697. The van der Waals surface area contributed by atoms with Gasteiger partial charge >= 0.3 is 5.97 Å². The van der Waals surface area contributed by atoms with E-state index in [1.165, 1.54) is 24.8 Å². The van der Waals surface area contributed by atoms with Crippen LogP contribution in [0, 0.1) is 0 Å². The second-order valence-electron chi connectivity index (χ2n) is 7.52. The molecule has 0 amide bonds. The molecule has 5 heteroatoms. The maximum Gasteiger partial charge on any atom is 0.335 e. The molecule has 0 aliphatic heterocycles. The van der Waals surface area contributed by atoms with E-state index in [0.29, 0.717) is 5.56 Å². The Hall–Kier alpha value is -2.53. The number of hydrogen-bond acceptors (Lipinski definition) is 4. The summed E-state index contributed by atoms with van der Waals surface area (Å²) in [5, 5.41) is 12.6. The average Bonchev–Trinajstić information content (AvgIpc) is 2.74. The van der Waals surface area contributed by atoms with Gasteiger partial charge in [-0.3, -0.25) is 0 Å². The fourth-order valence-electron chi connectivity index (χ4n) is 4.17. The summed E-state index contributed by atoms with van der Waals surface area (Å²) in [7, 11) is 3.33. The van der Waals surface area contributed by atoms with Crippen molar-refractivity contribution in [1.82, 2.24) is 5.32 Å². The first-order valence-corrected chi connectivity index (χ1v) is 9.83. The van der Waals surface area contributed by atoms with Crippen LogP contribution in [0.3, 0.4) is 0 Å². The van der Waals surface area contributed by atoms with Crippen molar-refractivity contribution in [2.24, 2.45) is 0 Å². The zero-order chi connectivity index (χ0) is 20.0. The Morgan fingerprint density at radius 1 is 1.00 bits per heavy atom. The van der Waals surface area contributed by atoms with Crippen molar-refractivity contribution in [3.63, 3.8) is 0 Å². The highest BCUT2D eigenvalue weighted by Gasteiger charge is 2.34. The van der Waals surface area contributed by atoms with E-state index in [1.807, 2.05) is 18.2 Å². The highest BCUT2D eigenvalue weighted by molar-refractivity contribution is 5.87. The summed E-state index contributed by atoms with van der Waals surface area (Å²) in [6, 6.07) is 13.3. The minimum atomic E-state index is -0.894. The van der Waals surface area contributed by atoms with Gasteiger partial charge in [-0.25, -0.2) is 4.79 Å². The van der Waals surface area contributed by atoms with Crippen molar-refractivity contribution in [3.8, 4) is 11.5 Å². The van der Waals surface area contributed by atoms with E-state index in [-0.39, 0.29) is 5.41 Å². The van der Waals surface area contributed by atoms with Crippen molar-refractivity contribution >= 4 is 5.97 Å². The van der Waals surface area contributed by atoms with Crippen LogP contribution in [0.1, 0.15) is 53.6 Å². The molecule has 3 rings (SSSR count). The maximum absolute atomic E-state index is 11.0. The predicted octanol–water partition coefficient (Wildman–Crippen LogP) is 4.39. The molecule has 0 radical (unpaired) electrons. The molecular weight excluding hydrogens is 354 g/mol. The normalized spacial score (nSPS) is 15.8. The third kappa shape index (κ3) is 4.47. The first-order chi connectivity index (χ1) is 13.6. The molecule has 0 spiro atoms. The lowest BCUT2D eigenvalue weighted by Crippen LogP contribution is -2.39. The molecule has 2 aromatic carbocycles. The number of methoxy groups -OCH3 is 2. The molecule has 0 bridgehead atoms. The largest absolute Gasteiger partial charge is 0.493 e. The smallest absolute Gasteiger partial charge is 0.335 e. The molecule has 1 saturated carbocycles. The molecule has 1 aliphatic rings. The molecule has 0 unspecified atom stereocenters. The van der Waals surface area contributed by atoms with Crippen LogP contribution in [0.5, 0.6) is 11.5 Å². The molecular formula is C23H29NO4. The summed E-state index contributed by atoms with van der Waals surface area (Å²) in [5.41, 5.74) is 2.78. The summed E-state index contributed by atoms with van der Waals surface area (Å²) in [6.45, 7) is 1.60. The van der Waals surface area contributed by atoms with Gasteiger partial charge in [0.1, 0.15) is 0 Å². The molecule has 1 aliphatic carbocycles. The third-order valence-corrected chi connectivity index (χ3v) is 5.80. The fourth-order valence-corrected chi connectivity index (χ4v) is 4.17. The fraction of sp³-hybridized carbons (Fsp3) is 0.435. The number of carbonyl (C=O) groups is 1. The van der Waals surface area contributed by atoms with Crippen LogP contribution >= 0.6 is 0 Å². The van der Waals surface area contributed by atoms with Gasteiger partial charge in [-0.15, -0.1) is 0 Å². The summed E-state index contributed by atoms with van der Waals surface area (Å²) in [5.74, 6) is 0.631. The standard InChI is InChI=1S/C23H29NO4/c1-27-20-11-10-19(14-21(20)28-2)23(12-4-3-5-13-23)16-24-15-17-6-8-18(9-7-17)22(25)26/h6-11,14,24H,3-5,12-13,15-16H2,1-2H3,(H,25,26). The van der Waals surface area contributed by atoms with Gasteiger partial charge in [-0.2, -0.15) is 0 Å². The zero-order valence-corrected chi connectivity index (χ0v) is 16.7. The Bertz CT molecular complexity index is 795. The number of ether oxygens (including phenoxy) is 2. The monoisotopic (exact) mass is 383 g/mol. The second kappa shape index (κ2) is 9.11. The van der Waals surface area contributed by atoms with Gasteiger partial charge in [-0.05, 0) is 48.2 Å². The van der Waals surface area contributed by atoms with Crippen molar-refractivity contribution in [1.29, 1.82) is 0 Å². The van der Waals surface area contributed by atoms with Crippen LogP contribution in [0.15, 0.2) is 42.5 Å². The summed E-state index contributed by atoms with van der Waals surface area (Å²) >= 11 is 0. The van der Waals surface area contributed by atoms with Gasteiger partial charge in [0, 0.05) is 18.5 Å². The molecule has 28 heavy (non-hydrogen) atoms. The van der Waals surface area contributed by atoms with Gasteiger partial charge in [0.05, 0.1) is 19.8 Å². The SMILES string of the molecule is COc1ccc(C2(CNCc3ccc(C(=O)O)cc3)CCCCC2)cc1OC. The van der Waals surface area contributed by atoms with E-state index < -0.39 is 5.97 Å².